The van der Waals surface area contributed by atoms with Gasteiger partial charge in [0.2, 0.25) is 0 Å². The van der Waals surface area contributed by atoms with E-state index in [9.17, 15) is 9.18 Å². The van der Waals surface area contributed by atoms with Crippen LogP contribution in [-0.4, -0.2) is 11.7 Å². The number of nitrogens with one attached hydrogen (secondary N) is 1. The second-order valence-electron chi connectivity index (χ2n) is 4.71. The number of benzene rings is 2. The topological polar surface area (TPSA) is 29.1 Å². The number of fused-ring (bicyclic) bond motifs is 1. The van der Waals surface area contributed by atoms with Gasteiger partial charge in [-0.3, -0.25) is 4.79 Å². The van der Waals surface area contributed by atoms with Gasteiger partial charge in [-0.25, -0.2) is 4.39 Å². The lowest BCUT2D eigenvalue weighted by Gasteiger charge is -2.25. The van der Waals surface area contributed by atoms with Gasteiger partial charge in [0.1, 0.15) is 5.82 Å². The van der Waals surface area contributed by atoms with Crippen molar-refractivity contribution in [2.24, 2.45) is 0 Å². The summed E-state index contributed by atoms with van der Waals surface area (Å²) in [5.41, 5.74) is 1.65. The standard InChI is InChI=1S/C16H14FNOS/c17-12-7-5-11(6-8-12)16(19)18-14-9-10-20-15-4-2-1-3-13(14)15/h1-8,14H,9-10H2,(H,18,19)/t14-/m0/s1. The number of rotatable bonds is 2. The van der Waals surface area contributed by atoms with E-state index >= 15 is 0 Å². The minimum absolute atomic E-state index is 0.0324. The first-order valence-electron chi connectivity index (χ1n) is 6.52. The molecule has 0 unspecified atom stereocenters. The molecular formula is C16H14FNOS. The fourth-order valence-electron chi connectivity index (χ4n) is 2.33. The Morgan fingerprint density at radius 2 is 1.90 bits per heavy atom. The van der Waals surface area contributed by atoms with Crippen molar-refractivity contribution in [3.63, 3.8) is 0 Å². The van der Waals surface area contributed by atoms with E-state index in [4.69, 9.17) is 0 Å². The first-order valence-corrected chi connectivity index (χ1v) is 7.51. The van der Waals surface area contributed by atoms with Crippen LogP contribution in [0, 0.1) is 5.82 Å². The molecule has 1 amide bonds. The van der Waals surface area contributed by atoms with Gasteiger partial charge in [0.05, 0.1) is 6.04 Å². The summed E-state index contributed by atoms with van der Waals surface area (Å²) in [7, 11) is 0. The number of amides is 1. The van der Waals surface area contributed by atoms with Gasteiger partial charge in [-0.1, -0.05) is 18.2 Å². The van der Waals surface area contributed by atoms with Crippen molar-refractivity contribution in [3.8, 4) is 0 Å². The third kappa shape index (κ3) is 2.70. The highest BCUT2D eigenvalue weighted by Gasteiger charge is 2.22. The number of halogens is 1. The van der Waals surface area contributed by atoms with E-state index in [2.05, 4.69) is 17.4 Å². The van der Waals surface area contributed by atoms with Crippen LogP contribution in [0.1, 0.15) is 28.4 Å². The van der Waals surface area contributed by atoms with E-state index in [1.807, 2.05) is 23.9 Å². The van der Waals surface area contributed by atoms with E-state index in [1.165, 1.54) is 34.7 Å². The highest BCUT2D eigenvalue weighted by atomic mass is 32.2. The Balaban J connectivity index is 1.79. The van der Waals surface area contributed by atoms with Gasteiger partial charge in [0.15, 0.2) is 0 Å². The molecule has 102 valence electrons. The molecule has 0 spiro atoms. The molecule has 0 radical (unpaired) electrons. The van der Waals surface area contributed by atoms with Gasteiger partial charge >= 0.3 is 0 Å². The molecule has 2 aromatic carbocycles. The third-order valence-electron chi connectivity index (χ3n) is 3.37. The summed E-state index contributed by atoms with van der Waals surface area (Å²) < 4.78 is 12.9. The predicted octanol–water partition coefficient (Wildman–Crippen LogP) is 3.79. The normalized spacial score (nSPS) is 17.4. The number of carbonyl (C=O) groups is 1. The van der Waals surface area contributed by atoms with Gasteiger partial charge in [-0.05, 0) is 42.3 Å². The molecule has 1 heterocycles. The molecule has 0 saturated heterocycles. The number of hydrogen-bond acceptors (Lipinski definition) is 2. The van der Waals surface area contributed by atoms with Gasteiger partial charge in [-0.15, -0.1) is 11.8 Å². The Labute approximate surface area is 121 Å². The predicted molar refractivity (Wildman–Crippen MR) is 78.4 cm³/mol. The molecule has 1 aliphatic heterocycles. The van der Waals surface area contributed by atoms with Crippen molar-refractivity contribution in [2.45, 2.75) is 17.4 Å². The Bertz CT molecular complexity index is 627. The average Bonchev–Trinajstić information content (AvgIpc) is 2.48. The maximum Gasteiger partial charge on any atom is 0.251 e. The van der Waals surface area contributed by atoms with E-state index in [0.717, 1.165) is 12.2 Å². The van der Waals surface area contributed by atoms with Crippen molar-refractivity contribution in [1.82, 2.24) is 5.32 Å². The molecule has 0 aliphatic carbocycles. The van der Waals surface area contributed by atoms with Crippen LogP contribution in [0.5, 0.6) is 0 Å². The largest absolute Gasteiger partial charge is 0.345 e. The van der Waals surface area contributed by atoms with Gasteiger partial charge in [-0.2, -0.15) is 0 Å². The SMILES string of the molecule is O=C(N[C@H]1CCSc2ccccc21)c1ccc(F)cc1. The minimum atomic E-state index is -0.332. The van der Waals surface area contributed by atoms with Crippen LogP contribution in [-0.2, 0) is 0 Å². The van der Waals surface area contributed by atoms with Crippen LogP contribution < -0.4 is 5.32 Å². The molecule has 2 aromatic rings. The summed E-state index contributed by atoms with van der Waals surface area (Å²) >= 11 is 1.82. The fraction of sp³-hybridized carbons (Fsp3) is 0.188. The average molecular weight is 287 g/mol. The third-order valence-corrected chi connectivity index (χ3v) is 4.49. The van der Waals surface area contributed by atoms with Gasteiger partial charge < -0.3 is 5.32 Å². The van der Waals surface area contributed by atoms with Crippen LogP contribution in [0.4, 0.5) is 4.39 Å². The van der Waals surface area contributed by atoms with Crippen LogP contribution in [0.2, 0.25) is 0 Å². The number of thioether (sulfide) groups is 1. The smallest absolute Gasteiger partial charge is 0.251 e. The minimum Gasteiger partial charge on any atom is -0.345 e. The highest BCUT2D eigenvalue weighted by molar-refractivity contribution is 7.99. The molecule has 3 rings (SSSR count). The molecule has 1 N–H and O–H groups in total. The lowest BCUT2D eigenvalue weighted by Crippen LogP contribution is -2.30. The second-order valence-corrected chi connectivity index (χ2v) is 5.84. The first kappa shape index (κ1) is 13.2. The van der Waals surface area contributed by atoms with Crippen LogP contribution in [0.25, 0.3) is 0 Å². The summed E-state index contributed by atoms with van der Waals surface area (Å²) in [4.78, 5) is 13.4. The monoisotopic (exact) mass is 287 g/mol. The van der Waals surface area contributed by atoms with Crippen molar-refractivity contribution < 1.29 is 9.18 Å². The van der Waals surface area contributed by atoms with Crippen molar-refractivity contribution in [2.75, 3.05) is 5.75 Å². The number of carbonyl (C=O) groups excluding carboxylic acids is 1. The van der Waals surface area contributed by atoms with Crippen molar-refractivity contribution in [1.29, 1.82) is 0 Å². The lowest BCUT2D eigenvalue weighted by atomic mass is 10.0. The van der Waals surface area contributed by atoms with Crippen LogP contribution in [0.3, 0.4) is 0 Å². The molecule has 4 heteroatoms. The van der Waals surface area contributed by atoms with E-state index in [-0.39, 0.29) is 17.8 Å². The van der Waals surface area contributed by atoms with E-state index in [1.54, 1.807) is 0 Å². The molecule has 0 saturated carbocycles. The van der Waals surface area contributed by atoms with Gasteiger partial charge in [0, 0.05) is 16.2 Å². The quantitative estimate of drug-likeness (QED) is 0.910. The lowest BCUT2D eigenvalue weighted by molar-refractivity contribution is 0.0935. The maximum absolute atomic E-state index is 12.9. The Kier molecular flexibility index (Phi) is 3.74. The van der Waals surface area contributed by atoms with Crippen LogP contribution >= 0.6 is 11.8 Å². The van der Waals surface area contributed by atoms with E-state index < -0.39 is 0 Å². The summed E-state index contributed by atoms with van der Waals surface area (Å²) in [6.45, 7) is 0. The Morgan fingerprint density at radius 3 is 2.70 bits per heavy atom. The first-order chi connectivity index (χ1) is 9.74. The van der Waals surface area contributed by atoms with Crippen molar-refractivity contribution >= 4 is 17.7 Å². The summed E-state index contributed by atoms with van der Waals surface area (Å²) in [6.07, 6.45) is 0.911. The van der Waals surface area contributed by atoms with Crippen LogP contribution in [0.15, 0.2) is 53.4 Å². The highest BCUT2D eigenvalue weighted by Crippen LogP contribution is 2.35. The van der Waals surface area contributed by atoms with Crippen molar-refractivity contribution in [3.05, 3.63) is 65.5 Å². The molecule has 0 bridgehead atoms. The second kappa shape index (κ2) is 5.67. The zero-order valence-corrected chi connectivity index (χ0v) is 11.6. The molecule has 20 heavy (non-hydrogen) atoms. The fourth-order valence-corrected chi connectivity index (χ4v) is 3.46. The molecule has 1 atom stereocenters. The Morgan fingerprint density at radius 1 is 1.15 bits per heavy atom. The zero-order valence-electron chi connectivity index (χ0n) is 10.8. The van der Waals surface area contributed by atoms with E-state index in [0.29, 0.717) is 5.56 Å². The maximum atomic E-state index is 12.9. The number of hydrogen-bond donors (Lipinski definition) is 1. The summed E-state index contributed by atoms with van der Waals surface area (Å²) in [5.74, 6) is 0.503. The summed E-state index contributed by atoms with van der Waals surface area (Å²) in [6, 6.07) is 13.8. The zero-order chi connectivity index (χ0) is 13.9. The Hall–Kier alpha value is -1.81. The molecular weight excluding hydrogens is 273 g/mol. The summed E-state index contributed by atoms with van der Waals surface area (Å²) in [5, 5.41) is 3.04. The molecule has 0 fully saturated rings. The molecule has 1 aliphatic rings. The van der Waals surface area contributed by atoms with Gasteiger partial charge in [0.25, 0.3) is 5.91 Å². The molecule has 0 aromatic heterocycles. The molecule has 2 nitrogen and oxygen atoms in total.